The molecular formula is C21H20ClN3O3S. The van der Waals surface area contributed by atoms with E-state index in [4.69, 9.17) is 11.6 Å². The highest BCUT2D eigenvalue weighted by Gasteiger charge is 2.27. The summed E-state index contributed by atoms with van der Waals surface area (Å²) in [5.41, 5.74) is 1.37. The molecule has 0 radical (unpaired) electrons. The number of ketones is 1. The number of Topliss-reactive ketones (excluding diaryl/α,β-unsaturated/α-hetero) is 1. The number of halogens is 1. The Bertz CT molecular complexity index is 1170. The van der Waals surface area contributed by atoms with Crippen LogP contribution in [0.2, 0.25) is 5.02 Å². The fourth-order valence-electron chi connectivity index (χ4n) is 3.71. The van der Waals surface area contributed by atoms with Crippen molar-refractivity contribution in [1.82, 2.24) is 9.97 Å². The standard InChI is InChI=1S/C21H20ClN3O3S/c1-29(27,28)17-6-7-19-18(12-17)21(24-13-23-19)25-10-8-15(9-11-25)20(26)14-2-4-16(22)5-3-14/h2-7,12-13,15H,8-11H2,1H3. The summed E-state index contributed by atoms with van der Waals surface area (Å²) in [5.74, 6) is 0.790. The van der Waals surface area contributed by atoms with Crippen molar-refractivity contribution in [2.75, 3.05) is 24.2 Å². The Labute approximate surface area is 174 Å². The zero-order valence-corrected chi connectivity index (χ0v) is 17.4. The van der Waals surface area contributed by atoms with Gasteiger partial charge in [0.2, 0.25) is 0 Å². The zero-order chi connectivity index (χ0) is 20.6. The molecule has 0 N–H and O–H groups in total. The van der Waals surface area contributed by atoms with E-state index in [1.807, 2.05) is 0 Å². The van der Waals surface area contributed by atoms with Crippen molar-refractivity contribution in [1.29, 1.82) is 0 Å². The smallest absolute Gasteiger partial charge is 0.175 e. The van der Waals surface area contributed by atoms with Crippen molar-refractivity contribution in [3.05, 3.63) is 59.4 Å². The number of nitrogens with zero attached hydrogens (tertiary/aromatic N) is 3. The minimum atomic E-state index is -3.32. The van der Waals surface area contributed by atoms with Crippen molar-refractivity contribution in [2.24, 2.45) is 5.92 Å². The maximum absolute atomic E-state index is 12.8. The summed E-state index contributed by atoms with van der Waals surface area (Å²) >= 11 is 5.91. The van der Waals surface area contributed by atoms with Gasteiger partial charge in [-0.1, -0.05) is 11.6 Å². The van der Waals surface area contributed by atoms with Gasteiger partial charge in [0.15, 0.2) is 15.6 Å². The molecule has 0 saturated carbocycles. The Morgan fingerprint density at radius 1 is 1.07 bits per heavy atom. The molecule has 150 valence electrons. The molecule has 2 heterocycles. The molecule has 4 rings (SSSR count). The zero-order valence-electron chi connectivity index (χ0n) is 15.9. The Morgan fingerprint density at radius 2 is 1.76 bits per heavy atom. The lowest BCUT2D eigenvalue weighted by Gasteiger charge is -2.32. The summed E-state index contributed by atoms with van der Waals surface area (Å²) in [7, 11) is -3.32. The lowest BCUT2D eigenvalue weighted by molar-refractivity contribution is 0.0900. The third kappa shape index (κ3) is 4.11. The van der Waals surface area contributed by atoms with Gasteiger partial charge in [-0.3, -0.25) is 4.79 Å². The molecule has 2 aromatic carbocycles. The summed E-state index contributed by atoms with van der Waals surface area (Å²) < 4.78 is 23.9. The Morgan fingerprint density at radius 3 is 2.41 bits per heavy atom. The van der Waals surface area contributed by atoms with Crippen LogP contribution in [0.15, 0.2) is 53.7 Å². The lowest BCUT2D eigenvalue weighted by atomic mass is 9.89. The van der Waals surface area contributed by atoms with Gasteiger partial charge in [0.25, 0.3) is 0 Å². The van der Waals surface area contributed by atoms with Crippen LogP contribution in [-0.4, -0.2) is 43.5 Å². The van der Waals surface area contributed by atoms with Gasteiger partial charge >= 0.3 is 0 Å². The largest absolute Gasteiger partial charge is 0.356 e. The van der Waals surface area contributed by atoms with Crippen LogP contribution in [0.3, 0.4) is 0 Å². The molecule has 1 aliphatic rings. The predicted octanol–water partition coefficient (Wildman–Crippen LogP) is 3.79. The molecule has 0 unspecified atom stereocenters. The minimum Gasteiger partial charge on any atom is -0.356 e. The second-order valence-corrected chi connectivity index (χ2v) is 9.73. The van der Waals surface area contributed by atoms with Gasteiger partial charge in [0, 0.05) is 41.2 Å². The molecule has 3 aromatic rings. The number of piperidine rings is 1. The van der Waals surface area contributed by atoms with Crippen LogP contribution < -0.4 is 4.90 Å². The van der Waals surface area contributed by atoms with Gasteiger partial charge in [0.05, 0.1) is 10.4 Å². The second kappa shape index (κ2) is 7.72. The van der Waals surface area contributed by atoms with E-state index in [-0.39, 0.29) is 16.6 Å². The first-order valence-electron chi connectivity index (χ1n) is 9.32. The van der Waals surface area contributed by atoms with Crippen molar-refractivity contribution in [3.63, 3.8) is 0 Å². The molecule has 1 aliphatic heterocycles. The third-order valence-electron chi connectivity index (χ3n) is 5.31. The van der Waals surface area contributed by atoms with E-state index in [1.165, 1.54) is 12.6 Å². The van der Waals surface area contributed by atoms with Crippen molar-refractivity contribution < 1.29 is 13.2 Å². The van der Waals surface area contributed by atoms with E-state index >= 15 is 0 Å². The van der Waals surface area contributed by atoms with E-state index in [2.05, 4.69) is 14.9 Å². The van der Waals surface area contributed by atoms with Gasteiger partial charge in [-0.05, 0) is 55.3 Å². The number of aromatic nitrogens is 2. The van der Waals surface area contributed by atoms with Crippen LogP contribution in [0.4, 0.5) is 5.82 Å². The highest BCUT2D eigenvalue weighted by Crippen LogP contribution is 2.30. The first-order chi connectivity index (χ1) is 13.8. The number of carbonyl (C=O) groups excluding carboxylic acids is 1. The van der Waals surface area contributed by atoms with Crippen LogP contribution >= 0.6 is 11.6 Å². The molecule has 1 aromatic heterocycles. The molecule has 0 spiro atoms. The van der Waals surface area contributed by atoms with E-state index in [9.17, 15) is 13.2 Å². The predicted molar refractivity (Wildman–Crippen MR) is 113 cm³/mol. The highest BCUT2D eigenvalue weighted by molar-refractivity contribution is 7.90. The molecule has 8 heteroatoms. The Hall–Kier alpha value is -2.51. The van der Waals surface area contributed by atoms with Crippen LogP contribution in [0, 0.1) is 5.92 Å². The lowest BCUT2D eigenvalue weighted by Crippen LogP contribution is -2.37. The third-order valence-corrected chi connectivity index (χ3v) is 6.67. The van der Waals surface area contributed by atoms with Gasteiger partial charge in [-0.25, -0.2) is 18.4 Å². The number of sulfone groups is 1. The van der Waals surface area contributed by atoms with Crippen LogP contribution in [0.25, 0.3) is 10.9 Å². The van der Waals surface area contributed by atoms with Crippen LogP contribution in [0.1, 0.15) is 23.2 Å². The van der Waals surface area contributed by atoms with E-state index in [0.717, 1.165) is 0 Å². The number of fused-ring (bicyclic) bond motifs is 1. The molecular weight excluding hydrogens is 410 g/mol. The molecule has 0 bridgehead atoms. The average Bonchev–Trinajstić information content (AvgIpc) is 2.72. The van der Waals surface area contributed by atoms with Crippen molar-refractivity contribution in [3.8, 4) is 0 Å². The maximum Gasteiger partial charge on any atom is 0.175 e. The molecule has 29 heavy (non-hydrogen) atoms. The van der Waals surface area contributed by atoms with E-state index < -0.39 is 9.84 Å². The fraction of sp³-hybridized carbons (Fsp3) is 0.286. The number of anilines is 1. The average molecular weight is 430 g/mol. The van der Waals surface area contributed by atoms with Gasteiger partial charge < -0.3 is 4.90 Å². The summed E-state index contributed by atoms with van der Waals surface area (Å²) in [6, 6.07) is 11.9. The molecule has 1 fully saturated rings. The number of carbonyl (C=O) groups is 1. The number of benzene rings is 2. The van der Waals surface area contributed by atoms with E-state index in [0.29, 0.717) is 53.2 Å². The SMILES string of the molecule is CS(=O)(=O)c1ccc2ncnc(N3CCC(C(=O)c4ccc(Cl)cc4)CC3)c2c1. The van der Waals surface area contributed by atoms with Gasteiger partial charge in [-0.15, -0.1) is 0 Å². The fourth-order valence-corrected chi connectivity index (χ4v) is 4.48. The first-order valence-corrected chi connectivity index (χ1v) is 11.6. The molecule has 0 atom stereocenters. The van der Waals surface area contributed by atoms with Crippen molar-refractivity contribution >= 4 is 43.9 Å². The van der Waals surface area contributed by atoms with Crippen molar-refractivity contribution in [2.45, 2.75) is 17.7 Å². The highest BCUT2D eigenvalue weighted by atomic mass is 35.5. The monoisotopic (exact) mass is 429 g/mol. The van der Waals surface area contributed by atoms with Crippen LogP contribution in [0.5, 0.6) is 0 Å². The Kier molecular flexibility index (Phi) is 5.27. The minimum absolute atomic E-state index is 0.0490. The molecule has 1 saturated heterocycles. The van der Waals surface area contributed by atoms with Gasteiger partial charge in [0.1, 0.15) is 12.1 Å². The number of hydrogen-bond acceptors (Lipinski definition) is 6. The number of hydrogen-bond donors (Lipinski definition) is 0. The second-order valence-electron chi connectivity index (χ2n) is 7.28. The quantitative estimate of drug-likeness (QED) is 0.587. The Balaban J connectivity index is 1.56. The topological polar surface area (TPSA) is 80.2 Å². The van der Waals surface area contributed by atoms with Crippen LogP contribution in [-0.2, 0) is 9.84 Å². The summed E-state index contributed by atoms with van der Waals surface area (Å²) in [4.78, 5) is 23.8. The maximum atomic E-state index is 12.8. The van der Waals surface area contributed by atoms with E-state index in [1.54, 1.807) is 42.5 Å². The number of rotatable bonds is 4. The normalized spacial score (nSPS) is 15.6. The summed E-state index contributed by atoms with van der Waals surface area (Å²) in [6.07, 6.45) is 4.09. The first kappa shape index (κ1) is 19.8. The van der Waals surface area contributed by atoms with Gasteiger partial charge in [-0.2, -0.15) is 0 Å². The molecule has 0 aliphatic carbocycles. The summed E-state index contributed by atoms with van der Waals surface area (Å²) in [5, 5.41) is 1.32. The molecule has 0 amide bonds. The summed E-state index contributed by atoms with van der Waals surface area (Å²) in [6.45, 7) is 1.33. The molecule has 6 nitrogen and oxygen atoms in total.